The summed E-state index contributed by atoms with van der Waals surface area (Å²) >= 11 is 22.0. The van der Waals surface area contributed by atoms with Crippen molar-refractivity contribution in [3.63, 3.8) is 0 Å². The summed E-state index contributed by atoms with van der Waals surface area (Å²) in [7, 11) is 0. The first-order valence-electron chi connectivity index (χ1n) is 7.06. The first kappa shape index (κ1) is 21.8. The smallest absolute Gasteiger partial charge is 0.340 e. The molecule has 1 aromatic rings. The van der Waals surface area contributed by atoms with Gasteiger partial charge in [-0.1, -0.05) is 76.7 Å². The number of alkyl halides is 4. The molecular weight excluding hydrogens is 416 g/mol. The molecule has 1 aromatic carbocycles. The van der Waals surface area contributed by atoms with Crippen LogP contribution < -0.4 is 5.32 Å². The summed E-state index contributed by atoms with van der Waals surface area (Å²) in [5.41, 5.74) is 0.406. The van der Waals surface area contributed by atoms with E-state index in [1.165, 1.54) is 0 Å². The van der Waals surface area contributed by atoms with Crippen molar-refractivity contribution in [2.45, 2.75) is 28.7 Å². The largest absolute Gasteiger partial charge is 0.464 e. The fraction of sp³-hybridized carbons (Fsp3) is 0.400. The van der Waals surface area contributed by atoms with E-state index in [0.717, 1.165) is 0 Å². The highest BCUT2D eigenvalue weighted by molar-refractivity contribution is 6.53. The highest BCUT2D eigenvalue weighted by atomic mass is 35.5. The molecule has 0 aromatic heterocycles. The third-order valence-corrected chi connectivity index (χ3v) is 3.64. The molecule has 0 aliphatic carbocycles. The van der Waals surface area contributed by atoms with Gasteiger partial charge >= 0.3 is 11.9 Å². The van der Waals surface area contributed by atoms with Crippen molar-refractivity contribution in [1.29, 1.82) is 0 Å². The Kier molecular flexibility index (Phi) is 9.35. The van der Waals surface area contributed by atoms with Gasteiger partial charge in [-0.25, -0.2) is 9.59 Å². The molecule has 0 saturated heterocycles. The van der Waals surface area contributed by atoms with Crippen LogP contribution in [0.25, 0.3) is 0 Å². The SMILES string of the molecule is CCOC(=O)[C@H](NC(=O)C(Cl)Cl)C(OC(=O)C(Cl)Cl)c1ccccc1. The molecule has 1 unspecified atom stereocenters. The van der Waals surface area contributed by atoms with Crippen LogP contribution in [0, 0.1) is 0 Å². The predicted octanol–water partition coefficient (Wildman–Crippen LogP) is 2.93. The van der Waals surface area contributed by atoms with Gasteiger partial charge < -0.3 is 14.8 Å². The second-order valence-electron chi connectivity index (χ2n) is 4.61. The van der Waals surface area contributed by atoms with Crippen LogP contribution in [0.15, 0.2) is 30.3 Å². The molecule has 0 fully saturated rings. The van der Waals surface area contributed by atoms with Gasteiger partial charge in [0, 0.05) is 0 Å². The fourth-order valence-electron chi connectivity index (χ4n) is 1.85. The van der Waals surface area contributed by atoms with Crippen molar-refractivity contribution in [3.05, 3.63) is 35.9 Å². The van der Waals surface area contributed by atoms with Crippen molar-refractivity contribution in [2.24, 2.45) is 0 Å². The van der Waals surface area contributed by atoms with Crippen molar-refractivity contribution < 1.29 is 23.9 Å². The lowest BCUT2D eigenvalue weighted by atomic mass is 10.0. The van der Waals surface area contributed by atoms with Crippen molar-refractivity contribution in [1.82, 2.24) is 5.32 Å². The summed E-state index contributed by atoms with van der Waals surface area (Å²) in [6, 6.07) is 6.82. The molecule has 0 bridgehead atoms. The van der Waals surface area contributed by atoms with E-state index in [-0.39, 0.29) is 6.61 Å². The number of hydrogen-bond donors (Lipinski definition) is 1. The number of carbonyl (C=O) groups is 3. The highest BCUT2D eigenvalue weighted by Crippen LogP contribution is 2.25. The van der Waals surface area contributed by atoms with E-state index in [1.54, 1.807) is 37.3 Å². The van der Waals surface area contributed by atoms with Crippen LogP contribution in [0.3, 0.4) is 0 Å². The van der Waals surface area contributed by atoms with Gasteiger partial charge in [-0.05, 0) is 12.5 Å². The van der Waals surface area contributed by atoms with E-state index in [0.29, 0.717) is 5.56 Å². The van der Waals surface area contributed by atoms with Crippen LogP contribution >= 0.6 is 46.4 Å². The van der Waals surface area contributed by atoms with Gasteiger partial charge in [-0.3, -0.25) is 4.79 Å². The molecule has 2 atom stereocenters. The number of rotatable bonds is 8. The molecule has 0 spiro atoms. The minimum Gasteiger partial charge on any atom is -0.464 e. The number of nitrogens with one attached hydrogen (secondary N) is 1. The third-order valence-electron chi connectivity index (χ3n) is 2.89. The number of halogens is 4. The molecule has 1 N–H and O–H groups in total. The Morgan fingerprint density at radius 3 is 2.08 bits per heavy atom. The van der Waals surface area contributed by atoms with Gasteiger partial charge in [-0.2, -0.15) is 0 Å². The summed E-state index contributed by atoms with van der Waals surface area (Å²) in [6.07, 6.45) is -1.25. The summed E-state index contributed by atoms with van der Waals surface area (Å²) in [4.78, 5) is 33.1. The second-order valence-corrected chi connectivity index (χ2v) is 6.80. The number of hydrogen-bond acceptors (Lipinski definition) is 5. The number of esters is 2. The van der Waals surface area contributed by atoms with Crippen LogP contribution in [-0.4, -0.2) is 40.2 Å². The van der Waals surface area contributed by atoms with Crippen LogP contribution in [0.1, 0.15) is 18.6 Å². The van der Waals surface area contributed by atoms with Crippen molar-refractivity contribution in [2.75, 3.05) is 6.61 Å². The lowest BCUT2D eigenvalue weighted by Gasteiger charge is -2.27. The van der Waals surface area contributed by atoms with Gasteiger partial charge in [0.05, 0.1) is 6.61 Å². The molecule has 0 radical (unpaired) electrons. The zero-order chi connectivity index (χ0) is 19.0. The number of carbonyl (C=O) groups excluding carboxylic acids is 3. The number of benzene rings is 1. The summed E-state index contributed by atoms with van der Waals surface area (Å²) in [5, 5.41) is 2.30. The third kappa shape index (κ3) is 6.90. The zero-order valence-corrected chi connectivity index (χ0v) is 16.0. The van der Waals surface area contributed by atoms with Crippen LogP contribution in [0.5, 0.6) is 0 Å². The Bertz CT molecular complexity index is 597. The predicted molar refractivity (Wildman–Crippen MR) is 94.8 cm³/mol. The van der Waals surface area contributed by atoms with Crippen molar-refractivity contribution >= 4 is 64.2 Å². The van der Waals surface area contributed by atoms with Crippen LogP contribution in [0.2, 0.25) is 0 Å². The van der Waals surface area contributed by atoms with Gasteiger partial charge in [0.25, 0.3) is 5.91 Å². The summed E-state index contributed by atoms with van der Waals surface area (Å²) in [5.74, 6) is -2.69. The van der Waals surface area contributed by atoms with Gasteiger partial charge in [-0.15, -0.1) is 0 Å². The van der Waals surface area contributed by atoms with E-state index < -0.39 is 39.7 Å². The monoisotopic (exact) mass is 429 g/mol. The standard InChI is InChI=1S/C15H15Cl4NO5/c1-2-24-14(22)9(20-13(21)11(16)17)10(25-15(23)12(18)19)8-6-4-3-5-7-8/h3-7,9-12H,2H2,1H3,(H,20,21)/t9-,10?/m1/s1. The molecule has 25 heavy (non-hydrogen) atoms. The lowest BCUT2D eigenvalue weighted by Crippen LogP contribution is -2.49. The van der Waals surface area contributed by atoms with Crippen molar-refractivity contribution in [3.8, 4) is 0 Å². The quantitative estimate of drug-likeness (QED) is 0.506. The average molecular weight is 431 g/mol. The molecule has 0 heterocycles. The van der Waals surface area contributed by atoms with Crippen LogP contribution in [-0.2, 0) is 23.9 Å². The molecule has 0 saturated carbocycles. The van der Waals surface area contributed by atoms with E-state index in [9.17, 15) is 14.4 Å². The normalized spacial score (nSPS) is 13.2. The molecule has 1 amide bonds. The Hall–Kier alpha value is -1.21. The molecular formula is C15H15Cl4NO5. The molecule has 0 aliphatic heterocycles. The maximum absolute atomic E-state index is 12.3. The first-order valence-corrected chi connectivity index (χ1v) is 8.81. The van der Waals surface area contributed by atoms with Crippen LogP contribution in [0.4, 0.5) is 0 Å². The molecule has 10 heteroatoms. The van der Waals surface area contributed by atoms with Gasteiger partial charge in [0.1, 0.15) is 0 Å². The topological polar surface area (TPSA) is 81.7 Å². The van der Waals surface area contributed by atoms with E-state index in [1.807, 2.05) is 0 Å². The van der Waals surface area contributed by atoms with Gasteiger partial charge in [0.15, 0.2) is 17.0 Å². The Morgan fingerprint density at radius 2 is 1.60 bits per heavy atom. The van der Waals surface area contributed by atoms with E-state index in [4.69, 9.17) is 55.9 Å². The maximum Gasteiger partial charge on any atom is 0.340 e. The molecule has 138 valence electrons. The van der Waals surface area contributed by atoms with E-state index >= 15 is 0 Å². The molecule has 6 nitrogen and oxygen atoms in total. The van der Waals surface area contributed by atoms with E-state index in [2.05, 4.69) is 5.32 Å². The van der Waals surface area contributed by atoms with Gasteiger partial charge in [0.2, 0.25) is 4.84 Å². The maximum atomic E-state index is 12.3. The Morgan fingerprint density at radius 1 is 1.00 bits per heavy atom. The lowest BCUT2D eigenvalue weighted by molar-refractivity contribution is -0.159. The summed E-state index contributed by atoms with van der Waals surface area (Å²) in [6.45, 7) is 1.62. The Labute approximate surface area is 164 Å². The number of ether oxygens (including phenoxy) is 2. The number of amides is 1. The minimum atomic E-state index is -1.47. The fourth-order valence-corrected chi connectivity index (χ4v) is 2.08. The highest BCUT2D eigenvalue weighted by Gasteiger charge is 2.37. The first-order chi connectivity index (χ1) is 11.8. The summed E-state index contributed by atoms with van der Waals surface area (Å²) < 4.78 is 10.1. The Balaban J connectivity index is 3.23. The minimum absolute atomic E-state index is 0.0411. The zero-order valence-electron chi connectivity index (χ0n) is 13.0. The average Bonchev–Trinajstić information content (AvgIpc) is 2.58. The molecule has 1 rings (SSSR count). The second kappa shape index (κ2) is 10.7. The molecule has 0 aliphatic rings.